The summed E-state index contributed by atoms with van der Waals surface area (Å²) in [6, 6.07) is 0. The number of hydrogen-bond acceptors (Lipinski definition) is 4. The van der Waals surface area contributed by atoms with Gasteiger partial charge in [-0.3, -0.25) is 9.59 Å². The van der Waals surface area contributed by atoms with Gasteiger partial charge in [-0.15, -0.1) is 0 Å². The predicted octanol–water partition coefficient (Wildman–Crippen LogP) is 0.0745. The van der Waals surface area contributed by atoms with Gasteiger partial charge in [-0.05, 0) is 13.8 Å². The molecule has 0 bridgehead atoms. The molecule has 6 nitrogen and oxygen atoms in total. The van der Waals surface area contributed by atoms with Crippen LogP contribution in [-0.4, -0.2) is 47.5 Å². The highest BCUT2D eigenvalue weighted by Gasteiger charge is 2.15. The van der Waals surface area contributed by atoms with E-state index in [-0.39, 0.29) is 23.8 Å². The molecule has 1 N–H and O–H groups in total. The standard InChI is InChI=1S/C11H18N4O2/c1-4-15(5-2)9(16)8-14(3)10-11(17)13-7-6-12-10/h6-7H,4-5,8H2,1-3H3,(H,13,17). The maximum Gasteiger partial charge on any atom is 0.290 e. The van der Waals surface area contributed by atoms with Crippen LogP contribution in [0, 0.1) is 0 Å². The lowest BCUT2D eigenvalue weighted by Gasteiger charge is -2.23. The number of likely N-dealkylation sites (N-methyl/N-ethyl adjacent to an activating group) is 2. The topological polar surface area (TPSA) is 69.3 Å². The highest BCUT2D eigenvalue weighted by atomic mass is 16.2. The van der Waals surface area contributed by atoms with Crippen LogP contribution in [0.1, 0.15) is 13.8 Å². The van der Waals surface area contributed by atoms with E-state index in [9.17, 15) is 9.59 Å². The minimum absolute atomic E-state index is 0.0115. The number of rotatable bonds is 5. The van der Waals surface area contributed by atoms with Crippen LogP contribution in [0.25, 0.3) is 0 Å². The molecule has 0 saturated heterocycles. The second-order valence-electron chi connectivity index (χ2n) is 3.66. The third kappa shape index (κ3) is 3.30. The summed E-state index contributed by atoms with van der Waals surface area (Å²) >= 11 is 0. The van der Waals surface area contributed by atoms with E-state index in [1.807, 2.05) is 13.8 Å². The molecule has 0 atom stereocenters. The maximum absolute atomic E-state index is 11.8. The van der Waals surface area contributed by atoms with Gasteiger partial charge >= 0.3 is 0 Å². The molecule has 1 rings (SSSR count). The van der Waals surface area contributed by atoms with Crippen LogP contribution in [0.5, 0.6) is 0 Å². The van der Waals surface area contributed by atoms with Gasteiger partial charge in [0.25, 0.3) is 5.56 Å². The SMILES string of the molecule is CCN(CC)C(=O)CN(C)c1ncc[nH]c1=O. The second-order valence-corrected chi connectivity index (χ2v) is 3.66. The zero-order valence-electron chi connectivity index (χ0n) is 10.4. The van der Waals surface area contributed by atoms with Gasteiger partial charge in [-0.25, -0.2) is 4.98 Å². The Morgan fingerprint density at radius 2 is 2.06 bits per heavy atom. The van der Waals surface area contributed by atoms with Crippen molar-refractivity contribution in [3.8, 4) is 0 Å². The number of aromatic nitrogens is 2. The molecule has 0 aliphatic carbocycles. The lowest BCUT2D eigenvalue weighted by Crippen LogP contribution is -2.40. The van der Waals surface area contributed by atoms with Crippen molar-refractivity contribution in [2.75, 3.05) is 31.6 Å². The summed E-state index contributed by atoms with van der Waals surface area (Å²) in [7, 11) is 1.68. The van der Waals surface area contributed by atoms with E-state index in [4.69, 9.17) is 0 Å². The molecule has 0 saturated carbocycles. The quantitative estimate of drug-likeness (QED) is 0.788. The van der Waals surface area contributed by atoms with Crippen molar-refractivity contribution in [2.45, 2.75) is 13.8 Å². The summed E-state index contributed by atoms with van der Waals surface area (Å²) in [5.41, 5.74) is -0.289. The first-order valence-corrected chi connectivity index (χ1v) is 5.62. The highest BCUT2D eigenvalue weighted by molar-refractivity contribution is 5.80. The number of nitrogens with zero attached hydrogens (tertiary/aromatic N) is 3. The summed E-state index contributed by atoms with van der Waals surface area (Å²) < 4.78 is 0. The van der Waals surface area contributed by atoms with Crippen LogP contribution < -0.4 is 10.5 Å². The first kappa shape index (κ1) is 13.2. The number of aromatic amines is 1. The Morgan fingerprint density at radius 1 is 1.41 bits per heavy atom. The minimum Gasteiger partial charge on any atom is -0.346 e. The summed E-state index contributed by atoms with van der Waals surface area (Å²) in [6.45, 7) is 5.34. The Morgan fingerprint density at radius 3 is 2.59 bits per heavy atom. The van der Waals surface area contributed by atoms with Crippen LogP contribution >= 0.6 is 0 Å². The third-order valence-corrected chi connectivity index (χ3v) is 2.54. The fraction of sp³-hybridized carbons (Fsp3) is 0.545. The molecular weight excluding hydrogens is 220 g/mol. The summed E-state index contributed by atoms with van der Waals surface area (Å²) in [4.78, 5) is 33.1. The van der Waals surface area contributed by atoms with Gasteiger partial charge in [-0.2, -0.15) is 0 Å². The summed E-state index contributed by atoms with van der Waals surface area (Å²) in [6.07, 6.45) is 2.96. The van der Waals surface area contributed by atoms with Gasteiger partial charge in [0.2, 0.25) is 5.91 Å². The Hall–Kier alpha value is -1.85. The molecule has 0 fully saturated rings. The van der Waals surface area contributed by atoms with E-state index >= 15 is 0 Å². The zero-order valence-corrected chi connectivity index (χ0v) is 10.4. The maximum atomic E-state index is 11.8. The summed E-state index contributed by atoms with van der Waals surface area (Å²) in [5.74, 6) is 0.246. The molecule has 1 aromatic rings. The summed E-state index contributed by atoms with van der Waals surface area (Å²) in [5, 5.41) is 0. The highest BCUT2D eigenvalue weighted by Crippen LogP contribution is 2.00. The van der Waals surface area contributed by atoms with Gasteiger partial charge in [0, 0.05) is 32.5 Å². The Balaban J connectivity index is 2.73. The molecule has 1 aromatic heterocycles. The van der Waals surface area contributed by atoms with Gasteiger partial charge in [0.15, 0.2) is 5.82 Å². The molecule has 6 heteroatoms. The van der Waals surface area contributed by atoms with Gasteiger partial charge in [-0.1, -0.05) is 0 Å². The van der Waals surface area contributed by atoms with E-state index < -0.39 is 0 Å². The van der Waals surface area contributed by atoms with Crippen molar-refractivity contribution < 1.29 is 4.79 Å². The molecule has 17 heavy (non-hydrogen) atoms. The predicted molar refractivity (Wildman–Crippen MR) is 66.1 cm³/mol. The largest absolute Gasteiger partial charge is 0.346 e. The number of H-pyrrole nitrogens is 1. The van der Waals surface area contributed by atoms with Crippen molar-refractivity contribution in [3.05, 3.63) is 22.7 Å². The monoisotopic (exact) mass is 238 g/mol. The number of hydrogen-bond donors (Lipinski definition) is 1. The first-order valence-electron chi connectivity index (χ1n) is 5.62. The van der Waals surface area contributed by atoms with E-state index in [1.54, 1.807) is 16.8 Å². The van der Waals surface area contributed by atoms with Crippen molar-refractivity contribution in [1.82, 2.24) is 14.9 Å². The minimum atomic E-state index is -0.289. The number of carbonyl (C=O) groups excluding carboxylic acids is 1. The van der Waals surface area contributed by atoms with Crippen LogP contribution in [0.2, 0.25) is 0 Å². The molecule has 0 aliphatic heterocycles. The molecule has 0 radical (unpaired) electrons. The smallest absolute Gasteiger partial charge is 0.290 e. The van der Waals surface area contributed by atoms with Crippen LogP contribution in [0.4, 0.5) is 5.82 Å². The number of nitrogens with one attached hydrogen (secondary N) is 1. The fourth-order valence-electron chi connectivity index (χ4n) is 1.57. The van der Waals surface area contributed by atoms with E-state index in [1.165, 1.54) is 12.4 Å². The lowest BCUT2D eigenvalue weighted by molar-refractivity contribution is -0.129. The Bertz CT molecular complexity index is 425. The van der Waals surface area contributed by atoms with Crippen molar-refractivity contribution in [2.24, 2.45) is 0 Å². The van der Waals surface area contributed by atoms with Gasteiger partial charge < -0.3 is 14.8 Å². The first-order chi connectivity index (χ1) is 8.10. The Kier molecular flexibility index (Phi) is 4.68. The van der Waals surface area contributed by atoms with Gasteiger partial charge in [0.1, 0.15) is 0 Å². The van der Waals surface area contributed by atoms with Crippen molar-refractivity contribution in [3.63, 3.8) is 0 Å². The van der Waals surface area contributed by atoms with E-state index in [2.05, 4.69) is 9.97 Å². The number of amides is 1. The average molecular weight is 238 g/mol. The van der Waals surface area contributed by atoms with Gasteiger partial charge in [0.05, 0.1) is 6.54 Å². The number of anilines is 1. The van der Waals surface area contributed by atoms with E-state index in [0.29, 0.717) is 13.1 Å². The van der Waals surface area contributed by atoms with Crippen LogP contribution in [-0.2, 0) is 4.79 Å². The molecule has 0 aliphatic rings. The molecular formula is C11H18N4O2. The Labute approximate surface area is 100 Å². The molecule has 94 valence electrons. The third-order valence-electron chi connectivity index (χ3n) is 2.54. The molecule has 1 amide bonds. The normalized spacial score (nSPS) is 10.1. The van der Waals surface area contributed by atoms with E-state index in [0.717, 1.165) is 0 Å². The lowest BCUT2D eigenvalue weighted by atomic mass is 10.4. The molecule has 0 aromatic carbocycles. The second kappa shape index (κ2) is 6.03. The number of carbonyl (C=O) groups is 1. The average Bonchev–Trinajstić information content (AvgIpc) is 2.31. The van der Waals surface area contributed by atoms with Crippen molar-refractivity contribution in [1.29, 1.82) is 0 Å². The zero-order chi connectivity index (χ0) is 12.8. The van der Waals surface area contributed by atoms with Crippen LogP contribution in [0.15, 0.2) is 17.2 Å². The molecule has 1 heterocycles. The molecule has 0 unspecified atom stereocenters. The molecule has 0 spiro atoms. The fourth-order valence-corrected chi connectivity index (χ4v) is 1.57. The van der Waals surface area contributed by atoms with Crippen molar-refractivity contribution >= 4 is 11.7 Å². The van der Waals surface area contributed by atoms with Crippen LogP contribution in [0.3, 0.4) is 0 Å².